The maximum absolute atomic E-state index is 12.3. The molecule has 0 bridgehead atoms. The lowest BCUT2D eigenvalue weighted by Gasteiger charge is -2.10. The predicted molar refractivity (Wildman–Crippen MR) is 109 cm³/mol. The van der Waals surface area contributed by atoms with Gasteiger partial charge >= 0.3 is 0 Å². The highest BCUT2D eigenvalue weighted by Gasteiger charge is 2.32. The molecule has 1 atom stereocenters. The van der Waals surface area contributed by atoms with Crippen LogP contribution in [-0.4, -0.2) is 29.3 Å². The standard InChI is InChI=1S/C20H21N3O3S/c1-12-8-13(2)10-14(9-12)21-20-23-19(25)17(27-20)11-18(24)22-15-6-4-5-7-16(15)26-3/h4-10,17H,11H2,1-3H3,(H,22,24)(H,21,23,25)/t17-/m0/s1. The quantitative estimate of drug-likeness (QED) is 0.827. The largest absolute Gasteiger partial charge is 0.495 e. The summed E-state index contributed by atoms with van der Waals surface area (Å²) in [4.78, 5) is 29.0. The second kappa shape index (κ2) is 8.26. The summed E-state index contributed by atoms with van der Waals surface area (Å²) in [5.74, 6) is 0.115. The molecule has 1 aliphatic rings. The van der Waals surface area contributed by atoms with Gasteiger partial charge in [-0.15, -0.1) is 0 Å². The molecule has 0 unspecified atom stereocenters. The van der Waals surface area contributed by atoms with E-state index in [1.807, 2.05) is 38.1 Å². The third-order valence-corrected chi connectivity index (χ3v) is 5.05. The topological polar surface area (TPSA) is 79.8 Å². The van der Waals surface area contributed by atoms with Crippen LogP contribution in [-0.2, 0) is 9.59 Å². The average Bonchev–Trinajstić information content (AvgIpc) is 2.93. The fourth-order valence-electron chi connectivity index (χ4n) is 2.84. The van der Waals surface area contributed by atoms with Crippen molar-refractivity contribution in [3.05, 3.63) is 53.6 Å². The second-order valence-electron chi connectivity index (χ2n) is 6.31. The Labute approximate surface area is 162 Å². The van der Waals surface area contributed by atoms with E-state index >= 15 is 0 Å². The highest BCUT2D eigenvalue weighted by molar-refractivity contribution is 8.15. The number of nitrogens with zero attached hydrogens (tertiary/aromatic N) is 1. The Hall–Kier alpha value is -2.80. The van der Waals surface area contributed by atoms with Crippen LogP contribution >= 0.6 is 11.8 Å². The number of carbonyl (C=O) groups is 2. The van der Waals surface area contributed by atoms with E-state index in [0.717, 1.165) is 16.8 Å². The van der Waals surface area contributed by atoms with Gasteiger partial charge in [0.1, 0.15) is 11.0 Å². The molecule has 7 heteroatoms. The first kappa shape index (κ1) is 19.0. The number of methoxy groups -OCH3 is 1. The highest BCUT2D eigenvalue weighted by atomic mass is 32.2. The molecule has 2 amide bonds. The van der Waals surface area contributed by atoms with Gasteiger partial charge in [-0.1, -0.05) is 30.0 Å². The molecule has 1 heterocycles. The van der Waals surface area contributed by atoms with Crippen molar-refractivity contribution in [2.45, 2.75) is 25.5 Å². The Morgan fingerprint density at radius 2 is 1.93 bits per heavy atom. The van der Waals surface area contributed by atoms with Crippen molar-refractivity contribution in [3.8, 4) is 5.75 Å². The van der Waals surface area contributed by atoms with Crippen LogP contribution in [0.15, 0.2) is 47.5 Å². The summed E-state index contributed by atoms with van der Waals surface area (Å²) in [5.41, 5.74) is 3.58. The number of nitrogens with one attached hydrogen (secondary N) is 2. The van der Waals surface area contributed by atoms with E-state index in [0.29, 0.717) is 16.6 Å². The van der Waals surface area contributed by atoms with Gasteiger partial charge in [0.25, 0.3) is 0 Å². The SMILES string of the molecule is COc1ccccc1NC(=O)C[C@@H]1SC(=Nc2cc(C)cc(C)c2)NC1=O. The van der Waals surface area contributed by atoms with E-state index in [2.05, 4.69) is 21.7 Å². The van der Waals surface area contributed by atoms with Crippen molar-refractivity contribution in [1.82, 2.24) is 5.32 Å². The van der Waals surface area contributed by atoms with Crippen molar-refractivity contribution in [1.29, 1.82) is 0 Å². The fourth-order valence-corrected chi connectivity index (χ4v) is 3.83. The molecule has 1 saturated heterocycles. The van der Waals surface area contributed by atoms with Gasteiger partial charge in [0.15, 0.2) is 5.17 Å². The number of para-hydroxylation sites is 2. The summed E-state index contributed by atoms with van der Waals surface area (Å²) in [5, 5.41) is 5.55. The Morgan fingerprint density at radius 1 is 1.22 bits per heavy atom. The number of carbonyl (C=O) groups excluding carboxylic acids is 2. The summed E-state index contributed by atoms with van der Waals surface area (Å²) in [6, 6.07) is 13.1. The van der Waals surface area contributed by atoms with Crippen LogP contribution in [0.2, 0.25) is 0 Å². The first-order valence-electron chi connectivity index (χ1n) is 8.52. The summed E-state index contributed by atoms with van der Waals surface area (Å²) in [6.45, 7) is 4.00. The van der Waals surface area contributed by atoms with Gasteiger partial charge in [-0.05, 0) is 49.2 Å². The summed E-state index contributed by atoms with van der Waals surface area (Å²) >= 11 is 1.27. The molecule has 2 aromatic rings. The zero-order chi connectivity index (χ0) is 19.4. The van der Waals surface area contributed by atoms with E-state index in [4.69, 9.17) is 4.74 Å². The molecule has 0 radical (unpaired) electrons. The summed E-state index contributed by atoms with van der Waals surface area (Å²) in [7, 11) is 1.54. The molecule has 0 spiro atoms. The monoisotopic (exact) mass is 383 g/mol. The van der Waals surface area contributed by atoms with Gasteiger partial charge in [-0.25, -0.2) is 4.99 Å². The van der Waals surface area contributed by atoms with Crippen molar-refractivity contribution in [3.63, 3.8) is 0 Å². The molecule has 1 aliphatic heterocycles. The molecular weight excluding hydrogens is 362 g/mol. The molecule has 27 heavy (non-hydrogen) atoms. The van der Waals surface area contributed by atoms with E-state index in [1.165, 1.54) is 11.8 Å². The second-order valence-corrected chi connectivity index (χ2v) is 7.50. The zero-order valence-corrected chi connectivity index (χ0v) is 16.2. The Morgan fingerprint density at radius 3 is 2.63 bits per heavy atom. The normalized spacial score (nSPS) is 17.7. The predicted octanol–water partition coefficient (Wildman–Crippen LogP) is 3.56. The average molecular weight is 383 g/mol. The Balaban J connectivity index is 1.65. The number of aliphatic imine (C=N–C) groups is 1. The van der Waals surface area contributed by atoms with Crippen LogP contribution in [0.3, 0.4) is 0 Å². The van der Waals surface area contributed by atoms with Crippen molar-refractivity contribution in [2.75, 3.05) is 12.4 Å². The van der Waals surface area contributed by atoms with Gasteiger partial charge in [-0.3, -0.25) is 9.59 Å². The van der Waals surface area contributed by atoms with Crippen LogP contribution in [0.5, 0.6) is 5.75 Å². The number of amidine groups is 1. The molecule has 0 saturated carbocycles. The van der Waals surface area contributed by atoms with Crippen LogP contribution in [0.4, 0.5) is 11.4 Å². The van der Waals surface area contributed by atoms with Crippen molar-refractivity contribution in [2.24, 2.45) is 4.99 Å². The zero-order valence-electron chi connectivity index (χ0n) is 15.4. The molecule has 0 aromatic heterocycles. The van der Waals surface area contributed by atoms with Gasteiger partial charge in [0.05, 0.1) is 18.5 Å². The smallest absolute Gasteiger partial charge is 0.240 e. The number of hydrogen-bond acceptors (Lipinski definition) is 5. The molecule has 1 fully saturated rings. The van der Waals surface area contributed by atoms with E-state index in [-0.39, 0.29) is 18.2 Å². The third-order valence-electron chi connectivity index (χ3n) is 3.97. The van der Waals surface area contributed by atoms with Crippen molar-refractivity contribution >= 4 is 40.1 Å². The molecule has 6 nitrogen and oxygen atoms in total. The first-order valence-corrected chi connectivity index (χ1v) is 9.40. The van der Waals surface area contributed by atoms with Gasteiger partial charge < -0.3 is 15.4 Å². The number of hydrogen-bond donors (Lipinski definition) is 2. The van der Waals surface area contributed by atoms with Crippen molar-refractivity contribution < 1.29 is 14.3 Å². The van der Waals surface area contributed by atoms with Crippen LogP contribution in [0, 0.1) is 13.8 Å². The number of anilines is 1. The lowest BCUT2D eigenvalue weighted by atomic mass is 10.1. The van der Waals surface area contributed by atoms with Gasteiger partial charge in [0.2, 0.25) is 11.8 Å². The minimum absolute atomic E-state index is 0.0560. The molecular formula is C20H21N3O3S. The summed E-state index contributed by atoms with van der Waals surface area (Å²) < 4.78 is 5.22. The van der Waals surface area contributed by atoms with Gasteiger partial charge in [0, 0.05) is 6.42 Å². The number of amides is 2. The number of rotatable bonds is 5. The maximum Gasteiger partial charge on any atom is 0.240 e. The van der Waals surface area contributed by atoms with Crippen LogP contribution < -0.4 is 15.4 Å². The lowest BCUT2D eigenvalue weighted by molar-refractivity contribution is -0.122. The Bertz CT molecular complexity index is 891. The first-order chi connectivity index (χ1) is 12.9. The fraction of sp³-hybridized carbons (Fsp3) is 0.250. The van der Waals surface area contributed by atoms with Gasteiger partial charge in [-0.2, -0.15) is 0 Å². The molecule has 3 rings (SSSR count). The minimum atomic E-state index is -0.510. The van der Waals surface area contributed by atoms with E-state index < -0.39 is 5.25 Å². The molecule has 0 aliphatic carbocycles. The minimum Gasteiger partial charge on any atom is -0.495 e. The molecule has 140 valence electrons. The van der Waals surface area contributed by atoms with E-state index in [1.54, 1.807) is 19.2 Å². The lowest BCUT2D eigenvalue weighted by Crippen LogP contribution is -2.28. The van der Waals surface area contributed by atoms with E-state index in [9.17, 15) is 9.59 Å². The number of thioether (sulfide) groups is 1. The summed E-state index contributed by atoms with van der Waals surface area (Å²) in [6.07, 6.45) is 0.0560. The number of benzene rings is 2. The number of aryl methyl sites for hydroxylation is 2. The van der Waals surface area contributed by atoms with Crippen LogP contribution in [0.25, 0.3) is 0 Å². The molecule has 2 aromatic carbocycles. The third kappa shape index (κ3) is 4.89. The highest BCUT2D eigenvalue weighted by Crippen LogP contribution is 2.28. The maximum atomic E-state index is 12.3. The molecule has 2 N–H and O–H groups in total. The number of ether oxygens (including phenoxy) is 1. The Kier molecular flexibility index (Phi) is 5.81. The van der Waals surface area contributed by atoms with Crippen LogP contribution in [0.1, 0.15) is 17.5 Å².